The Morgan fingerprint density at radius 1 is 1.42 bits per heavy atom. The maximum atomic E-state index is 11.6. The number of aliphatic hydroxyl groups excluding tert-OH is 1. The van der Waals surface area contributed by atoms with Crippen LogP contribution in [0, 0.1) is 18.8 Å². The van der Waals surface area contributed by atoms with E-state index in [1.807, 2.05) is 25.1 Å². The van der Waals surface area contributed by atoms with Crippen molar-refractivity contribution in [3.63, 3.8) is 0 Å². The van der Waals surface area contributed by atoms with Gasteiger partial charge in [-0.3, -0.25) is 4.79 Å². The minimum atomic E-state index is 0.0559. The van der Waals surface area contributed by atoms with Crippen molar-refractivity contribution in [2.24, 2.45) is 0 Å². The Morgan fingerprint density at radius 2 is 2.21 bits per heavy atom. The summed E-state index contributed by atoms with van der Waals surface area (Å²) in [6, 6.07) is 5.68. The zero-order chi connectivity index (χ0) is 14.1. The topological polar surface area (TPSA) is 49.3 Å². The molecule has 1 aromatic carbocycles. The van der Waals surface area contributed by atoms with Gasteiger partial charge in [0.2, 0.25) is 5.91 Å². The van der Waals surface area contributed by atoms with E-state index in [2.05, 4.69) is 24.1 Å². The summed E-state index contributed by atoms with van der Waals surface area (Å²) in [5.74, 6) is 5.95. The van der Waals surface area contributed by atoms with Crippen LogP contribution in [0.25, 0.3) is 0 Å². The van der Waals surface area contributed by atoms with Gasteiger partial charge in [-0.1, -0.05) is 25.2 Å². The number of anilines is 1. The fraction of sp³-hybridized carbons (Fsp3) is 0.438. The number of carbonyl (C=O) groups excluding carboxylic acids is 1. The Hall–Kier alpha value is -1.79. The number of nitrogens with one attached hydrogen (secondary N) is 1. The molecule has 0 spiro atoms. The van der Waals surface area contributed by atoms with Crippen LogP contribution >= 0.6 is 0 Å². The molecule has 0 heterocycles. The number of benzene rings is 1. The number of hydrogen-bond donors (Lipinski definition) is 2. The summed E-state index contributed by atoms with van der Waals surface area (Å²) in [6.45, 7) is 4.11. The average molecular weight is 259 g/mol. The third-order valence-electron chi connectivity index (χ3n) is 2.73. The minimum Gasteiger partial charge on any atom is -0.395 e. The third-order valence-corrected chi connectivity index (χ3v) is 2.73. The summed E-state index contributed by atoms with van der Waals surface area (Å²) >= 11 is 0. The van der Waals surface area contributed by atoms with Crippen molar-refractivity contribution in [3.05, 3.63) is 29.3 Å². The summed E-state index contributed by atoms with van der Waals surface area (Å²) in [5, 5.41) is 11.6. The first-order chi connectivity index (χ1) is 9.17. The minimum absolute atomic E-state index is 0.0559. The van der Waals surface area contributed by atoms with Gasteiger partial charge in [0.25, 0.3) is 0 Å². The number of hydrogen-bond acceptors (Lipinski definition) is 2. The van der Waals surface area contributed by atoms with Gasteiger partial charge in [0.15, 0.2) is 0 Å². The number of aryl methyl sites for hydroxylation is 1. The van der Waals surface area contributed by atoms with Gasteiger partial charge in [-0.25, -0.2) is 0 Å². The molecular weight excluding hydrogens is 238 g/mol. The highest BCUT2D eigenvalue weighted by atomic mass is 16.2. The quantitative estimate of drug-likeness (QED) is 0.799. The second-order valence-corrected chi connectivity index (χ2v) is 4.46. The second-order valence-electron chi connectivity index (χ2n) is 4.46. The van der Waals surface area contributed by atoms with E-state index in [4.69, 9.17) is 5.11 Å². The maximum Gasteiger partial charge on any atom is 0.224 e. The molecule has 0 aliphatic rings. The van der Waals surface area contributed by atoms with Crippen LogP contribution in [-0.2, 0) is 4.79 Å². The number of rotatable bonds is 5. The molecule has 1 rings (SSSR count). The van der Waals surface area contributed by atoms with Gasteiger partial charge in [0, 0.05) is 24.1 Å². The molecule has 0 unspecified atom stereocenters. The van der Waals surface area contributed by atoms with Crippen molar-refractivity contribution in [3.8, 4) is 11.8 Å². The molecule has 0 aromatic heterocycles. The van der Waals surface area contributed by atoms with Crippen molar-refractivity contribution in [2.75, 3.05) is 11.9 Å². The average Bonchev–Trinajstić information content (AvgIpc) is 2.39. The molecule has 0 saturated heterocycles. The van der Waals surface area contributed by atoms with Crippen molar-refractivity contribution >= 4 is 11.6 Å². The Balaban J connectivity index is 2.67. The largest absolute Gasteiger partial charge is 0.395 e. The van der Waals surface area contributed by atoms with E-state index < -0.39 is 0 Å². The molecule has 0 aliphatic carbocycles. The predicted molar refractivity (Wildman–Crippen MR) is 77.9 cm³/mol. The van der Waals surface area contributed by atoms with Gasteiger partial charge in [0.05, 0.1) is 6.61 Å². The third kappa shape index (κ3) is 5.58. The van der Waals surface area contributed by atoms with E-state index in [0.717, 1.165) is 29.7 Å². The standard InChI is InChI=1S/C16H21NO2/c1-3-4-8-16(19)17-15-10-9-14(13(2)12-15)7-5-6-11-18/h9-10,12,18H,3-4,6,8,11H2,1-2H3,(H,17,19). The summed E-state index contributed by atoms with van der Waals surface area (Å²) in [6.07, 6.45) is 2.98. The molecule has 0 atom stereocenters. The SMILES string of the molecule is CCCCC(=O)Nc1ccc(C#CCCO)c(C)c1. The van der Waals surface area contributed by atoms with Crippen LogP contribution < -0.4 is 5.32 Å². The molecule has 3 heteroatoms. The number of unbranched alkanes of at least 4 members (excludes halogenated alkanes) is 1. The molecule has 0 bridgehead atoms. The van der Waals surface area contributed by atoms with Gasteiger partial charge in [0.1, 0.15) is 0 Å². The molecule has 1 amide bonds. The molecule has 19 heavy (non-hydrogen) atoms. The van der Waals surface area contributed by atoms with Crippen LogP contribution in [0.4, 0.5) is 5.69 Å². The van der Waals surface area contributed by atoms with Gasteiger partial charge < -0.3 is 10.4 Å². The number of amides is 1. The number of aliphatic hydroxyl groups is 1. The fourth-order valence-electron chi connectivity index (χ4n) is 1.66. The zero-order valence-electron chi connectivity index (χ0n) is 11.6. The molecule has 3 nitrogen and oxygen atoms in total. The lowest BCUT2D eigenvalue weighted by molar-refractivity contribution is -0.116. The molecule has 0 saturated carbocycles. The van der Waals surface area contributed by atoms with Crippen molar-refractivity contribution in [1.82, 2.24) is 0 Å². The zero-order valence-corrected chi connectivity index (χ0v) is 11.6. The van der Waals surface area contributed by atoms with Crippen LogP contribution in [0.5, 0.6) is 0 Å². The lowest BCUT2D eigenvalue weighted by atomic mass is 10.1. The molecule has 0 radical (unpaired) electrons. The Kier molecular flexibility index (Phi) is 6.70. The fourth-order valence-corrected chi connectivity index (χ4v) is 1.66. The van der Waals surface area contributed by atoms with E-state index >= 15 is 0 Å². The molecule has 0 aliphatic heterocycles. The predicted octanol–water partition coefficient (Wildman–Crippen LogP) is 2.86. The normalized spacial score (nSPS) is 9.63. The molecule has 0 fully saturated rings. The van der Waals surface area contributed by atoms with E-state index in [9.17, 15) is 4.79 Å². The van der Waals surface area contributed by atoms with E-state index in [0.29, 0.717) is 12.8 Å². The van der Waals surface area contributed by atoms with Crippen LogP contribution in [0.2, 0.25) is 0 Å². The van der Waals surface area contributed by atoms with Crippen LogP contribution in [0.15, 0.2) is 18.2 Å². The van der Waals surface area contributed by atoms with Gasteiger partial charge in [-0.05, 0) is 37.1 Å². The van der Waals surface area contributed by atoms with Crippen molar-refractivity contribution < 1.29 is 9.90 Å². The molecule has 2 N–H and O–H groups in total. The Labute approximate surface area is 115 Å². The lowest BCUT2D eigenvalue weighted by Gasteiger charge is -2.06. The highest BCUT2D eigenvalue weighted by molar-refractivity contribution is 5.90. The van der Waals surface area contributed by atoms with Gasteiger partial charge in [-0.2, -0.15) is 0 Å². The highest BCUT2D eigenvalue weighted by Crippen LogP contribution is 2.15. The van der Waals surface area contributed by atoms with Gasteiger partial charge >= 0.3 is 0 Å². The first-order valence-corrected chi connectivity index (χ1v) is 6.67. The first kappa shape index (κ1) is 15.3. The van der Waals surface area contributed by atoms with E-state index in [-0.39, 0.29) is 12.5 Å². The maximum absolute atomic E-state index is 11.6. The van der Waals surface area contributed by atoms with E-state index in [1.165, 1.54) is 0 Å². The first-order valence-electron chi connectivity index (χ1n) is 6.67. The second kappa shape index (κ2) is 8.34. The van der Waals surface area contributed by atoms with Crippen LogP contribution in [0.1, 0.15) is 43.7 Å². The Morgan fingerprint density at radius 3 is 2.84 bits per heavy atom. The van der Waals surface area contributed by atoms with Crippen molar-refractivity contribution in [1.29, 1.82) is 0 Å². The van der Waals surface area contributed by atoms with Crippen LogP contribution in [-0.4, -0.2) is 17.6 Å². The van der Waals surface area contributed by atoms with Crippen LogP contribution in [0.3, 0.4) is 0 Å². The summed E-state index contributed by atoms with van der Waals surface area (Å²) in [7, 11) is 0. The summed E-state index contributed by atoms with van der Waals surface area (Å²) in [5.41, 5.74) is 2.77. The van der Waals surface area contributed by atoms with Crippen molar-refractivity contribution in [2.45, 2.75) is 39.5 Å². The monoisotopic (exact) mass is 259 g/mol. The lowest BCUT2D eigenvalue weighted by Crippen LogP contribution is -2.11. The number of carbonyl (C=O) groups is 1. The van der Waals surface area contributed by atoms with E-state index in [1.54, 1.807) is 0 Å². The Bertz CT molecular complexity index is 483. The summed E-state index contributed by atoms with van der Waals surface area (Å²) < 4.78 is 0. The molecule has 1 aromatic rings. The highest BCUT2D eigenvalue weighted by Gasteiger charge is 2.03. The molecule has 102 valence electrons. The summed E-state index contributed by atoms with van der Waals surface area (Å²) in [4.78, 5) is 11.6. The molecular formula is C16H21NO2. The van der Waals surface area contributed by atoms with Gasteiger partial charge in [-0.15, -0.1) is 0 Å². The smallest absolute Gasteiger partial charge is 0.224 e.